The summed E-state index contributed by atoms with van der Waals surface area (Å²) in [6, 6.07) is 35.8. The minimum absolute atomic E-state index is 0.0804. The predicted octanol–water partition coefficient (Wildman–Crippen LogP) is 7.62. The Morgan fingerprint density at radius 1 is 0.930 bits per heavy atom. The Labute approximate surface area is 343 Å². The zero-order chi connectivity index (χ0) is 40.5. The molecule has 0 spiro atoms. The van der Waals surface area contributed by atoms with Crippen LogP contribution in [0.2, 0.25) is 11.4 Å². The summed E-state index contributed by atoms with van der Waals surface area (Å²) in [5, 5.41) is 24.0. The molecule has 294 valence electrons. The highest BCUT2D eigenvalue weighted by Crippen LogP contribution is 2.51. The lowest BCUT2D eigenvalue weighted by Gasteiger charge is -2.46. The highest BCUT2D eigenvalue weighted by atomic mass is 79.9. The number of carbonyl (C=O) groups excluding carboxylic acids is 3. The second-order valence-corrected chi connectivity index (χ2v) is 21.2. The molecule has 2 heterocycles. The monoisotopic (exact) mass is 847 g/mol. The van der Waals surface area contributed by atoms with Gasteiger partial charge in [0.05, 0.1) is 31.7 Å². The number of ether oxygens (including phenoxy) is 1. The normalized spacial score (nSPS) is 21.4. The number of phenolic OH excluding ortho intramolecular Hbond substituents is 1. The molecule has 2 aliphatic heterocycles. The molecule has 2 N–H and O–H groups in total. The van der Waals surface area contributed by atoms with Crippen LogP contribution in [-0.4, -0.2) is 68.2 Å². The highest BCUT2D eigenvalue weighted by Gasteiger charge is 2.60. The Morgan fingerprint density at radius 3 is 2.14 bits per heavy atom. The Morgan fingerprint density at radius 2 is 1.54 bits per heavy atom. The van der Waals surface area contributed by atoms with Crippen LogP contribution in [0.1, 0.15) is 51.2 Å². The quantitative estimate of drug-likeness (QED) is 0.0724. The van der Waals surface area contributed by atoms with Crippen LogP contribution in [0.4, 0.5) is 4.79 Å². The molecular weight excluding hydrogens is 801 g/mol. The number of methoxy groups -OCH3 is 1. The maximum atomic E-state index is 14.1. The van der Waals surface area contributed by atoms with E-state index >= 15 is 0 Å². The molecule has 0 radical (unpaired) electrons. The molecule has 3 aliphatic rings. The molecule has 57 heavy (non-hydrogen) atoms. The Hall–Kier alpha value is -4.59. The van der Waals surface area contributed by atoms with Crippen molar-refractivity contribution < 1.29 is 38.3 Å². The van der Waals surface area contributed by atoms with Crippen molar-refractivity contribution in [1.29, 1.82) is 0 Å². The van der Waals surface area contributed by atoms with Crippen molar-refractivity contribution >= 4 is 71.3 Å². The number of aromatic hydroxyl groups is 1. The van der Waals surface area contributed by atoms with Crippen molar-refractivity contribution in [3.8, 4) is 5.75 Å². The molecule has 3 amide bonds. The number of halogens is 1. The van der Waals surface area contributed by atoms with E-state index in [0.29, 0.717) is 23.3 Å². The second kappa shape index (κ2) is 16.7. The van der Waals surface area contributed by atoms with Gasteiger partial charge in [0, 0.05) is 10.0 Å². The fraction of sp³-hybridized carbons (Fsp3) is 0.311. The lowest BCUT2D eigenvalue weighted by molar-refractivity contribution is -0.137. The predicted molar refractivity (Wildman–Crippen MR) is 227 cm³/mol. The summed E-state index contributed by atoms with van der Waals surface area (Å²) >= 11 is 3.53. The second-order valence-electron chi connectivity index (χ2n) is 16.0. The van der Waals surface area contributed by atoms with Gasteiger partial charge in [-0.1, -0.05) is 128 Å². The summed E-state index contributed by atoms with van der Waals surface area (Å²) in [7, 11) is -3.12. The SMILES string of the molecule is COC(=O)N1C(=O)[C@@H]2[C@@H](CC(CO[Si](c3ccccc3)(c3ccccc3)C(C)(C)C)=C3[C@@H](CC/C(=C/c4cc(Br)ccc4O)c4ccccc4)OB(O)C[C@@H]32)C1=O. The number of nitrogens with zero attached hydrogens (tertiary/aromatic N) is 1. The van der Waals surface area contributed by atoms with Crippen LogP contribution in [0.15, 0.2) is 125 Å². The molecule has 0 unspecified atom stereocenters. The molecule has 4 atom stereocenters. The lowest BCUT2D eigenvalue weighted by atomic mass is 9.58. The van der Waals surface area contributed by atoms with Crippen LogP contribution < -0.4 is 10.4 Å². The maximum absolute atomic E-state index is 14.1. The molecule has 0 aromatic heterocycles. The number of hydrogen-bond acceptors (Lipinski definition) is 8. The van der Waals surface area contributed by atoms with Gasteiger partial charge in [0.2, 0.25) is 11.8 Å². The van der Waals surface area contributed by atoms with E-state index in [9.17, 15) is 24.5 Å². The molecule has 4 aromatic carbocycles. The van der Waals surface area contributed by atoms with Gasteiger partial charge < -0.3 is 23.9 Å². The Balaban J connectivity index is 1.33. The van der Waals surface area contributed by atoms with E-state index in [1.54, 1.807) is 12.1 Å². The molecule has 12 heteroatoms. The number of likely N-dealkylation sites (tertiary alicyclic amines) is 1. The average Bonchev–Trinajstić information content (AvgIpc) is 3.46. The molecule has 0 bridgehead atoms. The van der Waals surface area contributed by atoms with Gasteiger partial charge in [-0.3, -0.25) is 9.59 Å². The fourth-order valence-corrected chi connectivity index (χ4v) is 14.1. The van der Waals surface area contributed by atoms with Crippen LogP contribution in [0.25, 0.3) is 11.6 Å². The third-order valence-corrected chi connectivity index (χ3v) is 17.2. The van der Waals surface area contributed by atoms with Crippen molar-refractivity contribution in [2.75, 3.05) is 13.7 Å². The number of carbonyl (C=O) groups is 3. The van der Waals surface area contributed by atoms with Crippen molar-refractivity contribution in [1.82, 2.24) is 4.90 Å². The zero-order valence-electron chi connectivity index (χ0n) is 32.6. The third kappa shape index (κ3) is 7.86. The van der Waals surface area contributed by atoms with E-state index in [-0.39, 0.29) is 30.1 Å². The molecule has 1 aliphatic carbocycles. The number of benzene rings is 4. The third-order valence-electron chi connectivity index (χ3n) is 11.7. The summed E-state index contributed by atoms with van der Waals surface area (Å²) in [5.74, 6) is -3.35. The van der Waals surface area contributed by atoms with E-state index in [1.807, 2.05) is 78.9 Å². The van der Waals surface area contributed by atoms with Crippen molar-refractivity contribution in [2.45, 2.75) is 57.5 Å². The minimum Gasteiger partial charge on any atom is -0.507 e. The first kappa shape index (κ1) is 40.6. The van der Waals surface area contributed by atoms with E-state index < -0.39 is 57.2 Å². The van der Waals surface area contributed by atoms with E-state index in [0.717, 1.165) is 44.2 Å². The molecule has 7 rings (SSSR count). The van der Waals surface area contributed by atoms with Gasteiger partial charge in [-0.15, -0.1) is 0 Å². The van der Waals surface area contributed by atoms with Gasteiger partial charge in [0.1, 0.15) is 5.75 Å². The summed E-state index contributed by atoms with van der Waals surface area (Å²) in [4.78, 5) is 41.5. The highest BCUT2D eigenvalue weighted by molar-refractivity contribution is 9.10. The minimum atomic E-state index is -3.06. The van der Waals surface area contributed by atoms with E-state index in [4.69, 9.17) is 13.8 Å². The van der Waals surface area contributed by atoms with E-state index in [1.165, 1.54) is 0 Å². The molecule has 2 saturated heterocycles. The molecule has 2 fully saturated rings. The van der Waals surface area contributed by atoms with E-state index in [2.05, 4.69) is 61.0 Å². The molecule has 9 nitrogen and oxygen atoms in total. The van der Waals surface area contributed by atoms with Crippen molar-refractivity contribution in [3.63, 3.8) is 0 Å². The number of imide groups is 3. The summed E-state index contributed by atoms with van der Waals surface area (Å²) in [6.45, 7) is 6.76. The fourth-order valence-electron chi connectivity index (χ4n) is 9.19. The Bertz CT molecular complexity index is 2150. The first-order valence-electron chi connectivity index (χ1n) is 19.3. The zero-order valence-corrected chi connectivity index (χ0v) is 35.1. The average molecular weight is 849 g/mol. The van der Waals surface area contributed by atoms with Gasteiger partial charge in [0.25, 0.3) is 8.32 Å². The standard InChI is InChI=1S/C45H47BBrNO8Si/c1-45(2,3)57(34-16-10-6-11-17-34,35-18-12-7-13-19-35)55-28-32-26-36-41(43(51)48(42(36)50)44(52)54-4)37-27-46(53)56-39(40(32)37)23-20-30(29-14-8-5-9-15-29)24-31-25-33(47)21-22-38(31)49/h5-19,21-22,24-25,36-37,39,41,49,53H,20,23,26-28H2,1-4H3/b30-24-/t36-,37+,39-,41-/m1/s1. The number of hydrogen-bond donors (Lipinski definition) is 2. The summed E-state index contributed by atoms with van der Waals surface area (Å²) in [5.41, 5.74) is 4.22. The first-order chi connectivity index (χ1) is 27.3. The molecular formula is C45H47BBrNO8Si. The number of fused-ring (bicyclic) bond motifs is 3. The van der Waals surface area contributed by atoms with Gasteiger partial charge in [-0.05, 0) is 93.5 Å². The number of rotatable bonds is 10. The first-order valence-corrected chi connectivity index (χ1v) is 22.0. The number of allylic oxidation sites excluding steroid dienone is 1. The topological polar surface area (TPSA) is 123 Å². The van der Waals surface area contributed by atoms with Crippen LogP contribution in [0, 0.1) is 17.8 Å². The largest absolute Gasteiger partial charge is 0.507 e. The van der Waals surface area contributed by atoms with Crippen LogP contribution in [0.3, 0.4) is 0 Å². The smallest absolute Gasteiger partial charge is 0.455 e. The van der Waals surface area contributed by atoms with Crippen LogP contribution in [0.5, 0.6) is 5.75 Å². The van der Waals surface area contributed by atoms with Crippen LogP contribution >= 0.6 is 15.9 Å². The number of phenols is 1. The van der Waals surface area contributed by atoms with Gasteiger partial charge in [-0.2, -0.15) is 4.90 Å². The van der Waals surface area contributed by atoms with Gasteiger partial charge >= 0.3 is 13.2 Å². The van der Waals surface area contributed by atoms with Gasteiger partial charge in [-0.25, -0.2) is 4.79 Å². The maximum Gasteiger partial charge on any atom is 0.455 e. The lowest BCUT2D eigenvalue weighted by Crippen LogP contribution is -2.66. The molecule has 0 saturated carbocycles. The summed E-state index contributed by atoms with van der Waals surface area (Å²) < 4.78 is 19.6. The van der Waals surface area contributed by atoms with Crippen molar-refractivity contribution in [3.05, 3.63) is 136 Å². The summed E-state index contributed by atoms with van der Waals surface area (Å²) in [6.07, 6.45) is 1.48. The Kier molecular flexibility index (Phi) is 11.9. The van der Waals surface area contributed by atoms with Crippen LogP contribution in [-0.2, 0) is 23.4 Å². The number of amides is 3. The molecule has 4 aromatic rings. The van der Waals surface area contributed by atoms with Gasteiger partial charge in [0.15, 0.2) is 0 Å². The van der Waals surface area contributed by atoms with Crippen molar-refractivity contribution in [2.24, 2.45) is 17.8 Å².